The lowest BCUT2D eigenvalue weighted by Gasteiger charge is -2.28. The van der Waals surface area contributed by atoms with Crippen molar-refractivity contribution in [2.75, 3.05) is 19.7 Å². The molecule has 2 aromatic rings. The number of carboxylic acid groups (broad SMARTS) is 1. The van der Waals surface area contributed by atoms with Crippen molar-refractivity contribution in [3.8, 4) is 16.9 Å². The first kappa shape index (κ1) is 19.0. The number of amides is 1. The van der Waals surface area contributed by atoms with Crippen LogP contribution in [0.15, 0.2) is 54.6 Å². The number of ether oxygens (including phenoxy) is 1. The molecule has 0 spiro atoms. The van der Waals surface area contributed by atoms with Crippen LogP contribution in [0.2, 0.25) is 0 Å². The summed E-state index contributed by atoms with van der Waals surface area (Å²) in [6, 6.07) is 17.5. The van der Waals surface area contributed by atoms with Crippen molar-refractivity contribution < 1.29 is 19.4 Å². The van der Waals surface area contributed by atoms with Crippen LogP contribution in [0.1, 0.15) is 20.3 Å². The molecule has 5 heteroatoms. The van der Waals surface area contributed by atoms with E-state index < -0.39 is 11.4 Å². The third kappa shape index (κ3) is 3.82. The van der Waals surface area contributed by atoms with Crippen LogP contribution in [0, 0.1) is 11.3 Å². The Balaban J connectivity index is 1.68. The Morgan fingerprint density at radius 3 is 2.41 bits per heavy atom. The average Bonchev–Trinajstić information content (AvgIpc) is 3.14. The molecule has 0 aromatic heterocycles. The van der Waals surface area contributed by atoms with Crippen LogP contribution in [-0.2, 0) is 9.59 Å². The van der Waals surface area contributed by atoms with Crippen molar-refractivity contribution in [1.29, 1.82) is 0 Å². The van der Waals surface area contributed by atoms with Crippen molar-refractivity contribution in [1.82, 2.24) is 4.90 Å². The summed E-state index contributed by atoms with van der Waals surface area (Å²) >= 11 is 0. The van der Waals surface area contributed by atoms with E-state index in [9.17, 15) is 14.7 Å². The summed E-state index contributed by atoms with van der Waals surface area (Å²) in [5.74, 6) is -0.401. The molecule has 1 aliphatic heterocycles. The molecule has 1 heterocycles. The number of hydrogen-bond acceptors (Lipinski definition) is 3. The molecule has 1 atom stereocenters. The fraction of sp³-hybridized carbons (Fsp3) is 0.364. The van der Waals surface area contributed by atoms with Gasteiger partial charge in [0.1, 0.15) is 5.75 Å². The minimum absolute atomic E-state index is 0.0347. The molecule has 1 saturated heterocycles. The zero-order chi connectivity index (χ0) is 19.4. The summed E-state index contributed by atoms with van der Waals surface area (Å²) in [6.45, 7) is 4.39. The number of para-hydroxylation sites is 1. The van der Waals surface area contributed by atoms with Gasteiger partial charge in [-0.1, -0.05) is 62.4 Å². The van der Waals surface area contributed by atoms with E-state index in [-0.39, 0.29) is 25.0 Å². The summed E-state index contributed by atoms with van der Waals surface area (Å²) in [5.41, 5.74) is 1.08. The van der Waals surface area contributed by atoms with Gasteiger partial charge in [-0.05, 0) is 24.0 Å². The highest BCUT2D eigenvalue weighted by molar-refractivity contribution is 5.82. The highest BCUT2D eigenvalue weighted by Crippen LogP contribution is 2.38. The summed E-state index contributed by atoms with van der Waals surface area (Å²) in [5, 5.41) is 9.63. The normalized spacial score (nSPS) is 19.3. The molecule has 0 radical (unpaired) electrons. The molecule has 0 saturated carbocycles. The predicted molar refractivity (Wildman–Crippen MR) is 103 cm³/mol. The zero-order valence-corrected chi connectivity index (χ0v) is 15.7. The van der Waals surface area contributed by atoms with Crippen LogP contribution < -0.4 is 4.74 Å². The average molecular weight is 367 g/mol. The van der Waals surface area contributed by atoms with Crippen LogP contribution in [0.3, 0.4) is 0 Å². The Labute approximate surface area is 159 Å². The van der Waals surface area contributed by atoms with E-state index in [0.29, 0.717) is 18.7 Å². The van der Waals surface area contributed by atoms with Crippen molar-refractivity contribution >= 4 is 11.9 Å². The first-order chi connectivity index (χ1) is 12.9. The van der Waals surface area contributed by atoms with Gasteiger partial charge in [0.2, 0.25) is 0 Å². The third-order valence-corrected chi connectivity index (χ3v) is 5.51. The fourth-order valence-electron chi connectivity index (χ4n) is 3.62. The Morgan fingerprint density at radius 2 is 1.78 bits per heavy atom. The van der Waals surface area contributed by atoms with E-state index in [1.807, 2.05) is 68.4 Å². The fourth-order valence-corrected chi connectivity index (χ4v) is 3.62. The zero-order valence-electron chi connectivity index (χ0n) is 15.7. The second kappa shape index (κ2) is 7.82. The number of carbonyl (C=O) groups is 2. The number of likely N-dealkylation sites (tertiary alicyclic amines) is 1. The van der Waals surface area contributed by atoms with E-state index in [0.717, 1.165) is 11.1 Å². The van der Waals surface area contributed by atoms with Gasteiger partial charge in [-0.2, -0.15) is 0 Å². The maximum atomic E-state index is 12.6. The maximum Gasteiger partial charge on any atom is 0.311 e. The van der Waals surface area contributed by atoms with E-state index >= 15 is 0 Å². The first-order valence-electron chi connectivity index (χ1n) is 9.22. The van der Waals surface area contributed by atoms with E-state index in [2.05, 4.69) is 0 Å². The quantitative estimate of drug-likeness (QED) is 0.845. The summed E-state index contributed by atoms with van der Waals surface area (Å²) in [7, 11) is 0. The van der Waals surface area contributed by atoms with Crippen molar-refractivity contribution in [2.45, 2.75) is 20.3 Å². The molecule has 1 N–H and O–H groups in total. The molecule has 2 aromatic carbocycles. The molecule has 5 nitrogen and oxygen atoms in total. The lowest BCUT2D eigenvalue weighted by atomic mass is 9.76. The second-order valence-corrected chi connectivity index (χ2v) is 7.33. The largest absolute Gasteiger partial charge is 0.483 e. The third-order valence-electron chi connectivity index (χ3n) is 5.51. The first-order valence-corrected chi connectivity index (χ1v) is 9.22. The van der Waals surface area contributed by atoms with Gasteiger partial charge in [0.15, 0.2) is 6.61 Å². The minimum atomic E-state index is -0.863. The minimum Gasteiger partial charge on any atom is -0.483 e. The van der Waals surface area contributed by atoms with Gasteiger partial charge in [-0.15, -0.1) is 0 Å². The Kier molecular flexibility index (Phi) is 5.49. The Bertz CT molecular complexity index is 818. The number of nitrogens with zero attached hydrogens (tertiary/aromatic N) is 1. The molecule has 142 valence electrons. The molecule has 3 rings (SSSR count). The lowest BCUT2D eigenvalue weighted by molar-refractivity contribution is -0.151. The number of benzene rings is 2. The Hall–Kier alpha value is -2.82. The lowest BCUT2D eigenvalue weighted by Crippen LogP contribution is -2.41. The number of aliphatic carboxylic acids is 1. The molecule has 1 unspecified atom stereocenters. The van der Waals surface area contributed by atoms with Crippen LogP contribution in [0.25, 0.3) is 11.1 Å². The molecule has 27 heavy (non-hydrogen) atoms. The van der Waals surface area contributed by atoms with Crippen molar-refractivity contribution in [3.05, 3.63) is 54.6 Å². The summed E-state index contributed by atoms with van der Waals surface area (Å²) in [4.78, 5) is 26.0. The molecule has 0 aliphatic carbocycles. The number of hydrogen-bond donors (Lipinski definition) is 1. The summed E-state index contributed by atoms with van der Waals surface area (Å²) in [6.07, 6.45) is 0.479. The standard InChI is InChI=1S/C22H25NO4/c1-16(2)22(21(25)26)12-13-23(15-22)20(24)14-27-19-11-7-6-10-18(19)17-8-4-3-5-9-17/h3-11,16H,12-15H2,1-2H3,(H,25,26). The van der Waals surface area contributed by atoms with Crippen LogP contribution in [-0.4, -0.2) is 41.6 Å². The number of rotatable bonds is 6. The van der Waals surface area contributed by atoms with E-state index in [1.165, 1.54) is 0 Å². The van der Waals surface area contributed by atoms with Gasteiger partial charge in [-0.25, -0.2) is 0 Å². The van der Waals surface area contributed by atoms with Crippen molar-refractivity contribution in [2.24, 2.45) is 11.3 Å². The topological polar surface area (TPSA) is 66.8 Å². The predicted octanol–water partition coefficient (Wildman–Crippen LogP) is 3.69. The molecule has 1 amide bonds. The molecule has 1 fully saturated rings. The van der Waals surface area contributed by atoms with Crippen LogP contribution >= 0.6 is 0 Å². The van der Waals surface area contributed by atoms with Gasteiger partial charge < -0.3 is 14.7 Å². The van der Waals surface area contributed by atoms with Gasteiger partial charge in [0.05, 0.1) is 5.41 Å². The highest BCUT2D eigenvalue weighted by Gasteiger charge is 2.48. The Morgan fingerprint density at radius 1 is 1.11 bits per heavy atom. The molecular weight excluding hydrogens is 342 g/mol. The maximum absolute atomic E-state index is 12.6. The smallest absolute Gasteiger partial charge is 0.311 e. The molecular formula is C22H25NO4. The van der Waals surface area contributed by atoms with Gasteiger partial charge >= 0.3 is 5.97 Å². The van der Waals surface area contributed by atoms with Gasteiger partial charge in [0.25, 0.3) is 5.91 Å². The van der Waals surface area contributed by atoms with Crippen LogP contribution in [0.4, 0.5) is 0 Å². The monoisotopic (exact) mass is 367 g/mol. The van der Waals surface area contributed by atoms with E-state index in [4.69, 9.17) is 4.74 Å². The molecule has 0 bridgehead atoms. The highest BCUT2D eigenvalue weighted by atomic mass is 16.5. The second-order valence-electron chi connectivity index (χ2n) is 7.33. The SMILES string of the molecule is CC(C)C1(C(=O)O)CCN(C(=O)COc2ccccc2-c2ccccc2)C1. The number of carboxylic acids is 1. The van der Waals surface area contributed by atoms with Crippen molar-refractivity contribution in [3.63, 3.8) is 0 Å². The van der Waals surface area contributed by atoms with Crippen LogP contribution in [0.5, 0.6) is 5.75 Å². The van der Waals surface area contributed by atoms with E-state index in [1.54, 1.807) is 4.90 Å². The number of carbonyl (C=O) groups excluding carboxylic acids is 1. The summed E-state index contributed by atoms with van der Waals surface area (Å²) < 4.78 is 5.82. The van der Waals surface area contributed by atoms with Gasteiger partial charge in [-0.3, -0.25) is 9.59 Å². The molecule has 1 aliphatic rings. The van der Waals surface area contributed by atoms with Gasteiger partial charge in [0, 0.05) is 18.7 Å².